The highest BCUT2D eigenvalue weighted by Crippen LogP contribution is 2.32. The van der Waals surface area contributed by atoms with Crippen LogP contribution in [-0.4, -0.2) is 27.9 Å². The van der Waals surface area contributed by atoms with Gasteiger partial charge in [-0.3, -0.25) is 0 Å². The minimum absolute atomic E-state index is 0.0305. The fraction of sp³-hybridized carbons (Fsp3) is 0.0500. The van der Waals surface area contributed by atoms with Gasteiger partial charge in [-0.05, 0) is 75.7 Å². The van der Waals surface area contributed by atoms with Gasteiger partial charge in [0.2, 0.25) is 5.89 Å². The molecule has 0 radical (unpaired) electrons. The molecule has 6 nitrogen and oxygen atoms in total. The summed E-state index contributed by atoms with van der Waals surface area (Å²) in [5, 5.41) is 18.1. The Bertz CT molecular complexity index is 1070. The number of carboxylic acids is 1. The topological polar surface area (TPSA) is 85.5 Å². The van der Waals surface area contributed by atoms with E-state index in [9.17, 15) is 9.90 Å². The minimum atomic E-state index is -1.11. The van der Waals surface area contributed by atoms with Gasteiger partial charge in [-0.1, -0.05) is 30.3 Å². The number of hydrogen-bond donors (Lipinski definition) is 1. The van der Waals surface area contributed by atoms with Crippen LogP contribution in [0.1, 0.15) is 5.56 Å². The van der Waals surface area contributed by atoms with E-state index < -0.39 is 5.97 Å². The number of aliphatic carboxylic acids is 1. The minimum Gasteiger partial charge on any atom is -0.488 e. The lowest BCUT2D eigenvalue weighted by molar-refractivity contribution is -0.131. The fourth-order valence-electron chi connectivity index (χ4n) is 2.21. The van der Waals surface area contributed by atoms with E-state index >= 15 is 0 Å². The number of hydrogen-bond acceptors (Lipinski definition) is 6. The first-order valence-corrected chi connectivity index (χ1v) is 10.2. The van der Waals surface area contributed by atoms with Crippen molar-refractivity contribution in [2.75, 3.05) is 6.61 Å². The molecule has 0 bridgehead atoms. The molecule has 0 spiro atoms. The number of benzene rings is 2. The molecular formula is C20H14BrClN2O4S. The Balaban J connectivity index is 1.80. The Labute approximate surface area is 184 Å². The lowest BCUT2D eigenvalue weighted by atomic mass is 10.2. The molecule has 148 valence electrons. The van der Waals surface area contributed by atoms with Crippen LogP contribution in [0.15, 0.2) is 74.1 Å². The summed E-state index contributed by atoms with van der Waals surface area (Å²) in [4.78, 5) is 11.7. The van der Waals surface area contributed by atoms with Crippen LogP contribution in [-0.2, 0) is 4.79 Å². The van der Waals surface area contributed by atoms with Gasteiger partial charge in [0.15, 0.2) is 0 Å². The molecule has 3 rings (SSSR count). The van der Waals surface area contributed by atoms with Gasteiger partial charge in [-0.2, -0.15) is 0 Å². The van der Waals surface area contributed by atoms with Crippen LogP contribution in [0.2, 0.25) is 5.02 Å². The first kappa shape index (κ1) is 21.2. The summed E-state index contributed by atoms with van der Waals surface area (Å²) >= 11 is 10.2. The van der Waals surface area contributed by atoms with Crippen LogP contribution in [0.5, 0.6) is 5.75 Å². The number of aromatic nitrogens is 2. The molecule has 0 saturated heterocycles. The summed E-state index contributed by atoms with van der Waals surface area (Å²) < 4.78 is 11.8. The molecule has 0 saturated carbocycles. The number of carboxylic acid groups (broad SMARTS) is 1. The Hall–Kier alpha value is -2.55. The molecule has 1 aromatic heterocycles. The van der Waals surface area contributed by atoms with E-state index in [4.69, 9.17) is 20.8 Å². The monoisotopic (exact) mass is 492 g/mol. The van der Waals surface area contributed by atoms with Gasteiger partial charge < -0.3 is 14.3 Å². The van der Waals surface area contributed by atoms with Crippen LogP contribution in [0.25, 0.3) is 17.5 Å². The summed E-state index contributed by atoms with van der Waals surface area (Å²) in [7, 11) is 0. The second-order valence-corrected chi connectivity index (χ2v) is 7.87. The molecule has 9 heteroatoms. The largest absolute Gasteiger partial charge is 0.488 e. The maximum atomic E-state index is 11.7. The Morgan fingerprint density at radius 2 is 2.03 bits per heavy atom. The zero-order valence-corrected chi connectivity index (χ0v) is 18.0. The number of halogens is 2. The first-order chi connectivity index (χ1) is 14.0. The summed E-state index contributed by atoms with van der Waals surface area (Å²) in [6.45, 7) is 3.97. The molecule has 3 aromatic rings. The van der Waals surface area contributed by atoms with Gasteiger partial charge in [-0.15, -0.1) is 10.2 Å². The summed E-state index contributed by atoms with van der Waals surface area (Å²) in [5.74, 6) is -0.194. The van der Waals surface area contributed by atoms with E-state index in [2.05, 4.69) is 32.7 Å². The fourth-order valence-corrected chi connectivity index (χ4v) is 3.52. The molecule has 0 atom stereocenters. The Kier molecular flexibility index (Phi) is 7.13. The summed E-state index contributed by atoms with van der Waals surface area (Å²) in [6, 6.07) is 12.1. The maximum absolute atomic E-state index is 11.7. The third-order valence-corrected chi connectivity index (χ3v) is 5.24. The molecule has 29 heavy (non-hydrogen) atoms. The number of thioether (sulfide) groups is 1. The second-order valence-electron chi connectivity index (χ2n) is 5.59. The third-order valence-electron chi connectivity index (χ3n) is 3.52. The normalized spacial score (nSPS) is 11.3. The van der Waals surface area contributed by atoms with Crippen LogP contribution in [0.3, 0.4) is 0 Å². The Morgan fingerprint density at radius 3 is 2.69 bits per heavy atom. The van der Waals surface area contributed by atoms with Gasteiger partial charge in [0.1, 0.15) is 17.3 Å². The molecule has 0 aliphatic carbocycles. The van der Waals surface area contributed by atoms with Crippen LogP contribution in [0.4, 0.5) is 0 Å². The van der Waals surface area contributed by atoms with Crippen molar-refractivity contribution in [1.29, 1.82) is 0 Å². The van der Waals surface area contributed by atoms with E-state index in [1.54, 1.807) is 48.5 Å². The highest BCUT2D eigenvalue weighted by atomic mass is 79.9. The highest BCUT2D eigenvalue weighted by Gasteiger charge is 2.16. The van der Waals surface area contributed by atoms with Crippen molar-refractivity contribution in [2.45, 2.75) is 5.22 Å². The van der Waals surface area contributed by atoms with E-state index in [0.717, 1.165) is 11.8 Å². The summed E-state index contributed by atoms with van der Waals surface area (Å²) in [6.07, 6.45) is 3.16. The van der Waals surface area contributed by atoms with Crippen molar-refractivity contribution in [3.63, 3.8) is 0 Å². The lowest BCUT2D eigenvalue weighted by Crippen LogP contribution is -1.97. The predicted octanol–water partition coefficient (Wildman–Crippen LogP) is 5.94. The van der Waals surface area contributed by atoms with Gasteiger partial charge in [-0.25, -0.2) is 4.79 Å². The molecule has 2 aromatic carbocycles. The molecule has 1 heterocycles. The molecule has 0 amide bonds. The van der Waals surface area contributed by atoms with Crippen molar-refractivity contribution < 1.29 is 19.1 Å². The molecule has 0 fully saturated rings. The van der Waals surface area contributed by atoms with Crippen molar-refractivity contribution in [1.82, 2.24) is 10.2 Å². The van der Waals surface area contributed by atoms with Crippen LogP contribution >= 0.6 is 39.3 Å². The van der Waals surface area contributed by atoms with Crippen molar-refractivity contribution in [3.8, 4) is 17.2 Å². The first-order valence-electron chi connectivity index (χ1n) is 8.22. The van der Waals surface area contributed by atoms with E-state index in [1.807, 2.05) is 0 Å². The van der Waals surface area contributed by atoms with Crippen molar-refractivity contribution >= 4 is 51.3 Å². The average molecular weight is 494 g/mol. The van der Waals surface area contributed by atoms with Crippen molar-refractivity contribution in [2.24, 2.45) is 0 Å². The summed E-state index contributed by atoms with van der Waals surface area (Å²) in [5.41, 5.74) is 1.36. The molecule has 0 aliphatic heterocycles. The van der Waals surface area contributed by atoms with E-state index in [1.165, 1.54) is 6.08 Å². The molecular weight excluding hydrogens is 480 g/mol. The lowest BCUT2D eigenvalue weighted by Gasteiger charge is -2.07. The smallest absolute Gasteiger partial charge is 0.342 e. The highest BCUT2D eigenvalue weighted by molar-refractivity contribution is 9.10. The van der Waals surface area contributed by atoms with Crippen LogP contribution < -0.4 is 4.74 Å². The van der Waals surface area contributed by atoms with Crippen molar-refractivity contribution in [3.05, 3.63) is 75.1 Å². The molecule has 0 aliphatic rings. The zero-order chi connectivity index (χ0) is 20.8. The van der Waals surface area contributed by atoms with E-state index in [-0.39, 0.29) is 16.0 Å². The maximum Gasteiger partial charge on any atom is 0.342 e. The average Bonchev–Trinajstić information content (AvgIpc) is 3.16. The van der Waals surface area contributed by atoms with Crippen LogP contribution in [0, 0.1) is 0 Å². The van der Waals surface area contributed by atoms with Gasteiger partial charge in [0, 0.05) is 10.6 Å². The predicted molar refractivity (Wildman–Crippen MR) is 116 cm³/mol. The Morgan fingerprint density at radius 1 is 1.28 bits per heavy atom. The number of nitrogens with zero attached hydrogens (tertiary/aromatic N) is 2. The molecule has 0 unspecified atom stereocenters. The number of ether oxygens (including phenoxy) is 1. The van der Waals surface area contributed by atoms with E-state index in [0.29, 0.717) is 33.0 Å². The van der Waals surface area contributed by atoms with Gasteiger partial charge in [0.25, 0.3) is 5.22 Å². The van der Waals surface area contributed by atoms with Gasteiger partial charge in [0.05, 0.1) is 4.47 Å². The van der Waals surface area contributed by atoms with Gasteiger partial charge >= 0.3 is 5.97 Å². The number of rotatable bonds is 8. The quantitative estimate of drug-likeness (QED) is 0.236. The number of carbonyl (C=O) groups is 1. The third kappa shape index (κ3) is 5.72. The SMILES string of the molecule is C=CCOc1ccc(/C=C(\Sc2nnc(-c3ccc(Cl)cc3)o2)C(=O)O)cc1Br. The molecule has 1 N–H and O–H groups in total. The standard InChI is InChI=1S/C20H14BrClN2O4S/c1-2-9-27-16-8-3-12(10-15(16)21)11-17(19(25)26)29-20-24-23-18(28-20)13-4-6-14(22)7-5-13/h2-8,10-11H,1,9H2,(H,25,26)/b17-11-. The zero-order valence-electron chi connectivity index (χ0n) is 14.8. The second kappa shape index (κ2) is 9.78.